The van der Waals surface area contributed by atoms with Gasteiger partial charge in [-0.1, -0.05) is 29.3 Å². The molecule has 2 aromatic rings. The summed E-state index contributed by atoms with van der Waals surface area (Å²) in [7, 11) is 0. The molecule has 0 saturated heterocycles. The van der Waals surface area contributed by atoms with Crippen LogP contribution in [-0.2, 0) is 9.59 Å². The molecule has 0 bridgehead atoms. The summed E-state index contributed by atoms with van der Waals surface area (Å²) in [6.07, 6.45) is 0. The van der Waals surface area contributed by atoms with Crippen molar-refractivity contribution < 1.29 is 14.4 Å². The zero-order valence-electron chi connectivity index (χ0n) is 14.2. The minimum atomic E-state index is -0.443. The second kappa shape index (κ2) is 8.69. The molecule has 0 aromatic heterocycles. The summed E-state index contributed by atoms with van der Waals surface area (Å²) in [6, 6.07) is 9.58. The summed E-state index contributed by atoms with van der Waals surface area (Å²) in [5.41, 5.74) is 2.28. The summed E-state index contributed by atoms with van der Waals surface area (Å²) in [6.45, 7) is 3.03. The highest BCUT2D eigenvalue weighted by Gasteiger charge is 2.11. The van der Waals surface area contributed by atoms with Crippen LogP contribution in [0.15, 0.2) is 36.4 Å². The van der Waals surface area contributed by atoms with Crippen LogP contribution in [0, 0.1) is 6.92 Å². The molecule has 0 atom stereocenters. The number of nitrogens with one attached hydrogen (secondary N) is 3. The smallest absolute Gasteiger partial charge is 0.251 e. The van der Waals surface area contributed by atoms with Gasteiger partial charge in [0.2, 0.25) is 11.8 Å². The standard InChI is InChI=1S/C18H17Cl2N3O3/c1-10-3-5-13(8-16(10)22-11(2)24)23-17(25)9-21-18(26)12-4-6-14(19)15(20)7-12/h3-8H,9H2,1-2H3,(H,21,26)(H,22,24)(H,23,25). The van der Waals surface area contributed by atoms with Gasteiger partial charge >= 0.3 is 0 Å². The molecule has 8 heteroatoms. The van der Waals surface area contributed by atoms with Crippen molar-refractivity contribution in [2.45, 2.75) is 13.8 Å². The molecular formula is C18H17Cl2N3O3. The first-order chi connectivity index (χ1) is 12.3. The van der Waals surface area contributed by atoms with Gasteiger partial charge in [0.1, 0.15) is 0 Å². The molecule has 3 N–H and O–H groups in total. The fourth-order valence-corrected chi connectivity index (χ4v) is 2.43. The van der Waals surface area contributed by atoms with Crippen LogP contribution < -0.4 is 16.0 Å². The highest BCUT2D eigenvalue weighted by Crippen LogP contribution is 2.22. The second-order valence-corrected chi connectivity index (χ2v) is 6.39. The molecule has 2 aromatic carbocycles. The Labute approximate surface area is 160 Å². The molecule has 0 unspecified atom stereocenters. The van der Waals surface area contributed by atoms with E-state index < -0.39 is 11.8 Å². The molecule has 136 valence electrons. The average molecular weight is 394 g/mol. The Balaban J connectivity index is 1.95. The number of amides is 3. The van der Waals surface area contributed by atoms with Gasteiger partial charge in [-0.15, -0.1) is 0 Å². The van der Waals surface area contributed by atoms with Crippen molar-refractivity contribution in [3.05, 3.63) is 57.6 Å². The van der Waals surface area contributed by atoms with Crippen molar-refractivity contribution in [3.8, 4) is 0 Å². The van der Waals surface area contributed by atoms with Gasteiger partial charge in [0.15, 0.2) is 0 Å². The second-order valence-electron chi connectivity index (χ2n) is 5.57. The van der Waals surface area contributed by atoms with Gasteiger partial charge in [-0.3, -0.25) is 14.4 Å². The van der Waals surface area contributed by atoms with Crippen LogP contribution in [0.1, 0.15) is 22.8 Å². The maximum Gasteiger partial charge on any atom is 0.251 e. The third-order valence-corrected chi connectivity index (χ3v) is 4.16. The fraction of sp³-hybridized carbons (Fsp3) is 0.167. The van der Waals surface area contributed by atoms with E-state index in [1.165, 1.54) is 25.1 Å². The van der Waals surface area contributed by atoms with Crippen molar-refractivity contribution >= 4 is 52.3 Å². The van der Waals surface area contributed by atoms with E-state index >= 15 is 0 Å². The largest absolute Gasteiger partial charge is 0.343 e. The third-order valence-electron chi connectivity index (χ3n) is 3.42. The van der Waals surface area contributed by atoms with Gasteiger partial charge < -0.3 is 16.0 Å². The predicted molar refractivity (Wildman–Crippen MR) is 103 cm³/mol. The molecule has 0 saturated carbocycles. The molecule has 0 aliphatic carbocycles. The average Bonchev–Trinajstić information content (AvgIpc) is 2.57. The summed E-state index contributed by atoms with van der Waals surface area (Å²) in [5, 5.41) is 8.45. The molecule has 0 fully saturated rings. The Hall–Kier alpha value is -2.57. The monoisotopic (exact) mass is 393 g/mol. The number of carbonyl (C=O) groups excluding carboxylic acids is 3. The topological polar surface area (TPSA) is 87.3 Å². The van der Waals surface area contributed by atoms with Crippen molar-refractivity contribution in [3.63, 3.8) is 0 Å². The van der Waals surface area contributed by atoms with E-state index in [1.807, 2.05) is 6.92 Å². The first kappa shape index (κ1) is 19.8. The van der Waals surface area contributed by atoms with E-state index in [4.69, 9.17) is 23.2 Å². The summed E-state index contributed by atoms with van der Waals surface area (Å²) in [4.78, 5) is 35.3. The molecule has 0 aliphatic heterocycles. The van der Waals surface area contributed by atoms with E-state index in [1.54, 1.807) is 18.2 Å². The van der Waals surface area contributed by atoms with Gasteiger partial charge in [-0.2, -0.15) is 0 Å². The summed E-state index contributed by atoms with van der Waals surface area (Å²) in [5.74, 6) is -1.05. The van der Waals surface area contributed by atoms with Crippen LogP contribution in [0.25, 0.3) is 0 Å². The van der Waals surface area contributed by atoms with Gasteiger partial charge in [-0.25, -0.2) is 0 Å². The lowest BCUT2D eigenvalue weighted by molar-refractivity contribution is -0.115. The fourth-order valence-electron chi connectivity index (χ4n) is 2.13. The van der Waals surface area contributed by atoms with Gasteiger partial charge in [0.25, 0.3) is 5.91 Å². The zero-order valence-corrected chi connectivity index (χ0v) is 15.7. The maximum absolute atomic E-state index is 12.0. The minimum absolute atomic E-state index is 0.203. The quantitative estimate of drug-likeness (QED) is 0.724. The summed E-state index contributed by atoms with van der Waals surface area (Å²) >= 11 is 11.7. The van der Waals surface area contributed by atoms with Crippen molar-refractivity contribution in [2.75, 3.05) is 17.2 Å². The lowest BCUT2D eigenvalue weighted by Crippen LogP contribution is -2.32. The van der Waals surface area contributed by atoms with E-state index in [-0.39, 0.29) is 17.5 Å². The van der Waals surface area contributed by atoms with Crippen LogP contribution in [0.4, 0.5) is 11.4 Å². The molecule has 0 aliphatic rings. The number of carbonyl (C=O) groups is 3. The predicted octanol–water partition coefficient (Wildman–Crippen LogP) is 3.63. The lowest BCUT2D eigenvalue weighted by Gasteiger charge is -2.11. The lowest BCUT2D eigenvalue weighted by atomic mass is 10.1. The number of hydrogen-bond donors (Lipinski definition) is 3. The van der Waals surface area contributed by atoms with E-state index in [2.05, 4.69) is 16.0 Å². The Morgan fingerprint density at radius 3 is 2.35 bits per heavy atom. The minimum Gasteiger partial charge on any atom is -0.343 e. The number of hydrogen-bond acceptors (Lipinski definition) is 3. The number of halogens is 2. The first-order valence-electron chi connectivity index (χ1n) is 7.67. The normalized spacial score (nSPS) is 10.2. The molecular weight excluding hydrogens is 377 g/mol. The maximum atomic E-state index is 12.0. The Bertz CT molecular complexity index is 869. The van der Waals surface area contributed by atoms with Gasteiger partial charge in [0, 0.05) is 23.9 Å². The Morgan fingerprint density at radius 1 is 0.962 bits per heavy atom. The molecule has 6 nitrogen and oxygen atoms in total. The van der Waals surface area contributed by atoms with Crippen molar-refractivity contribution in [2.24, 2.45) is 0 Å². The number of benzene rings is 2. The van der Waals surface area contributed by atoms with E-state index in [0.29, 0.717) is 22.0 Å². The first-order valence-corrected chi connectivity index (χ1v) is 8.43. The highest BCUT2D eigenvalue weighted by atomic mass is 35.5. The van der Waals surface area contributed by atoms with E-state index in [0.717, 1.165) is 5.56 Å². The van der Waals surface area contributed by atoms with Crippen LogP contribution in [0.2, 0.25) is 10.0 Å². The van der Waals surface area contributed by atoms with Crippen LogP contribution in [-0.4, -0.2) is 24.3 Å². The van der Waals surface area contributed by atoms with Gasteiger partial charge in [-0.05, 0) is 42.8 Å². The van der Waals surface area contributed by atoms with Crippen molar-refractivity contribution in [1.82, 2.24) is 5.32 Å². The number of aryl methyl sites for hydroxylation is 1. The van der Waals surface area contributed by atoms with Crippen LogP contribution in [0.3, 0.4) is 0 Å². The van der Waals surface area contributed by atoms with Crippen LogP contribution in [0.5, 0.6) is 0 Å². The Kier molecular flexibility index (Phi) is 6.60. The Morgan fingerprint density at radius 2 is 1.69 bits per heavy atom. The van der Waals surface area contributed by atoms with Crippen LogP contribution >= 0.6 is 23.2 Å². The van der Waals surface area contributed by atoms with E-state index in [9.17, 15) is 14.4 Å². The molecule has 0 heterocycles. The summed E-state index contributed by atoms with van der Waals surface area (Å²) < 4.78 is 0. The molecule has 3 amide bonds. The molecule has 0 radical (unpaired) electrons. The van der Waals surface area contributed by atoms with Crippen molar-refractivity contribution in [1.29, 1.82) is 0 Å². The molecule has 0 spiro atoms. The molecule has 2 rings (SSSR count). The SMILES string of the molecule is CC(=O)Nc1cc(NC(=O)CNC(=O)c2ccc(Cl)c(Cl)c2)ccc1C. The highest BCUT2D eigenvalue weighted by molar-refractivity contribution is 6.42. The number of rotatable bonds is 5. The number of anilines is 2. The zero-order chi connectivity index (χ0) is 19.3. The third kappa shape index (κ3) is 5.47. The molecule has 26 heavy (non-hydrogen) atoms. The van der Waals surface area contributed by atoms with Gasteiger partial charge in [0.05, 0.1) is 16.6 Å².